The lowest BCUT2D eigenvalue weighted by Crippen LogP contribution is -2.31. The van der Waals surface area contributed by atoms with Gasteiger partial charge < -0.3 is 14.3 Å². The molecule has 1 atom stereocenters. The van der Waals surface area contributed by atoms with Gasteiger partial charge in [-0.05, 0) is 49.9 Å². The Morgan fingerprint density at radius 2 is 2.19 bits per heavy atom. The van der Waals surface area contributed by atoms with Crippen molar-refractivity contribution in [3.8, 4) is 6.07 Å². The minimum atomic E-state index is -0.199. The van der Waals surface area contributed by atoms with Crippen molar-refractivity contribution in [3.63, 3.8) is 0 Å². The molecule has 3 rings (SSSR count). The Bertz CT molecular complexity index is 949. The fourth-order valence-electron chi connectivity index (χ4n) is 2.95. The summed E-state index contributed by atoms with van der Waals surface area (Å²) in [5.41, 5.74) is 2.38. The SMILES string of the molecule is Cc1c(C#N)c(NC(=O)CN[C@H](C)c2ccco2)n(Cc2cccs2)c1C. The molecule has 0 aromatic carbocycles. The van der Waals surface area contributed by atoms with Gasteiger partial charge in [0.05, 0.1) is 31.0 Å². The summed E-state index contributed by atoms with van der Waals surface area (Å²) in [5.74, 6) is 1.13. The summed E-state index contributed by atoms with van der Waals surface area (Å²) in [4.78, 5) is 13.7. The van der Waals surface area contributed by atoms with Crippen LogP contribution in [0.1, 0.15) is 40.4 Å². The summed E-state index contributed by atoms with van der Waals surface area (Å²) in [7, 11) is 0. The van der Waals surface area contributed by atoms with Gasteiger partial charge in [-0.3, -0.25) is 10.1 Å². The quantitative estimate of drug-likeness (QED) is 0.648. The molecule has 6 nitrogen and oxygen atoms in total. The molecule has 0 fully saturated rings. The van der Waals surface area contributed by atoms with E-state index >= 15 is 0 Å². The van der Waals surface area contributed by atoms with Crippen LogP contribution >= 0.6 is 11.3 Å². The van der Waals surface area contributed by atoms with Crippen molar-refractivity contribution in [3.05, 3.63) is 63.4 Å². The lowest BCUT2D eigenvalue weighted by molar-refractivity contribution is -0.115. The van der Waals surface area contributed by atoms with Crippen molar-refractivity contribution in [1.82, 2.24) is 9.88 Å². The summed E-state index contributed by atoms with van der Waals surface area (Å²) < 4.78 is 7.33. The maximum Gasteiger partial charge on any atom is 0.239 e. The lowest BCUT2D eigenvalue weighted by Gasteiger charge is -2.14. The zero-order valence-electron chi connectivity index (χ0n) is 15.6. The van der Waals surface area contributed by atoms with Crippen LogP contribution in [0.25, 0.3) is 0 Å². The number of rotatable bonds is 7. The largest absolute Gasteiger partial charge is 0.468 e. The molecule has 27 heavy (non-hydrogen) atoms. The first-order chi connectivity index (χ1) is 13.0. The minimum Gasteiger partial charge on any atom is -0.468 e. The van der Waals surface area contributed by atoms with E-state index in [9.17, 15) is 10.1 Å². The molecule has 0 spiro atoms. The summed E-state index contributed by atoms with van der Waals surface area (Å²) >= 11 is 1.65. The number of hydrogen-bond donors (Lipinski definition) is 2. The van der Waals surface area contributed by atoms with Crippen LogP contribution in [0.4, 0.5) is 5.82 Å². The third-order valence-corrected chi connectivity index (χ3v) is 5.49. The van der Waals surface area contributed by atoms with E-state index in [0.717, 1.165) is 21.9 Å². The summed E-state index contributed by atoms with van der Waals surface area (Å²) in [6, 6.07) is 9.87. The van der Waals surface area contributed by atoms with Gasteiger partial charge in [0.1, 0.15) is 17.6 Å². The Labute approximate surface area is 162 Å². The van der Waals surface area contributed by atoms with Gasteiger partial charge in [-0.2, -0.15) is 5.26 Å². The summed E-state index contributed by atoms with van der Waals surface area (Å²) in [6.07, 6.45) is 1.61. The molecule has 0 aliphatic carbocycles. The van der Waals surface area contributed by atoms with E-state index in [1.54, 1.807) is 17.6 Å². The topological polar surface area (TPSA) is 83.0 Å². The van der Waals surface area contributed by atoms with Gasteiger partial charge >= 0.3 is 0 Å². The highest BCUT2D eigenvalue weighted by molar-refractivity contribution is 7.09. The van der Waals surface area contributed by atoms with Crippen LogP contribution in [-0.4, -0.2) is 17.0 Å². The first-order valence-corrected chi connectivity index (χ1v) is 9.58. The van der Waals surface area contributed by atoms with E-state index < -0.39 is 0 Å². The third-order valence-electron chi connectivity index (χ3n) is 4.63. The van der Waals surface area contributed by atoms with Crippen molar-refractivity contribution in [1.29, 1.82) is 5.26 Å². The molecule has 1 amide bonds. The van der Waals surface area contributed by atoms with E-state index in [1.807, 2.05) is 55.0 Å². The first-order valence-electron chi connectivity index (χ1n) is 8.70. The van der Waals surface area contributed by atoms with Crippen LogP contribution in [0, 0.1) is 25.2 Å². The summed E-state index contributed by atoms with van der Waals surface area (Å²) in [5, 5.41) is 17.6. The average Bonchev–Trinajstić information content (AvgIpc) is 3.40. The fraction of sp³-hybridized carbons (Fsp3) is 0.300. The van der Waals surface area contributed by atoms with E-state index in [-0.39, 0.29) is 18.5 Å². The number of thiophene rings is 1. The molecular formula is C20H22N4O2S. The van der Waals surface area contributed by atoms with E-state index in [1.165, 1.54) is 0 Å². The number of anilines is 1. The number of amides is 1. The zero-order valence-corrected chi connectivity index (χ0v) is 16.4. The minimum absolute atomic E-state index is 0.0810. The Balaban J connectivity index is 1.75. The normalized spacial score (nSPS) is 11.9. The molecular weight excluding hydrogens is 360 g/mol. The number of carbonyl (C=O) groups excluding carboxylic acids is 1. The summed E-state index contributed by atoms with van der Waals surface area (Å²) in [6.45, 7) is 6.55. The van der Waals surface area contributed by atoms with E-state index in [2.05, 4.69) is 16.7 Å². The molecule has 0 aliphatic rings. The van der Waals surface area contributed by atoms with Crippen molar-refractivity contribution in [2.45, 2.75) is 33.4 Å². The number of carbonyl (C=O) groups is 1. The second kappa shape index (κ2) is 8.25. The second-order valence-corrected chi connectivity index (χ2v) is 7.41. The Morgan fingerprint density at radius 3 is 2.81 bits per heavy atom. The molecule has 3 aromatic heterocycles. The van der Waals surface area contributed by atoms with Crippen molar-refractivity contribution < 1.29 is 9.21 Å². The molecule has 3 heterocycles. The second-order valence-electron chi connectivity index (χ2n) is 6.38. The fourth-order valence-corrected chi connectivity index (χ4v) is 3.64. The van der Waals surface area contributed by atoms with E-state index in [0.29, 0.717) is 17.9 Å². The third kappa shape index (κ3) is 4.13. The highest BCUT2D eigenvalue weighted by Crippen LogP contribution is 2.28. The Hall–Kier alpha value is -2.82. The Kier molecular flexibility index (Phi) is 5.79. The highest BCUT2D eigenvalue weighted by Gasteiger charge is 2.20. The number of hydrogen-bond acceptors (Lipinski definition) is 5. The standard InChI is InChI=1S/C20H22N4O2S/c1-13-15(3)24(12-16-6-5-9-27-16)20(17(13)10-21)23-19(25)11-22-14(2)18-7-4-8-26-18/h4-9,14,22H,11-12H2,1-3H3,(H,23,25)/t14-/m1/s1. The van der Waals surface area contributed by atoms with E-state index in [4.69, 9.17) is 4.42 Å². The molecule has 7 heteroatoms. The zero-order chi connectivity index (χ0) is 19.4. The maximum atomic E-state index is 12.5. The Morgan fingerprint density at radius 1 is 1.37 bits per heavy atom. The van der Waals surface area contributed by atoms with Gasteiger partial charge in [0.25, 0.3) is 0 Å². The van der Waals surface area contributed by atoms with Crippen molar-refractivity contribution in [2.24, 2.45) is 0 Å². The number of aromatic nitrogens is 1. The molecule has 0 bridgehead atoms. The van der Waals surface area contributed by atoms with Gasteiger partial charge in [0, 0.05) is 10.6 Å². The molecule has 0 saturated heterocycles. The number of nitriles is 1. The smallest absolute Gasteiger partial charge is 0.239 e. The van der Waals surface area contributed by atoms with Crippen LogP contribution in [0.3, 0.4) is 0 Å². The molecule has 0 radical (unpaired) electrons. The first kappa shape index (κ1) is 19.0. The molecule has 140 valence electrons. The average molecular weight is 382 g/mol. The van der Waals surface area contributed by atoms with Gasteiger partial charge in [-0.1, -0.05) is 6.07 Å². The predicted molar refractivity (Wildman–Crippen MR) is 106 cm³/mol. The lowest BCUT2D eigenvalue weighted by atomic mass is 10.2. The van der Waals surface area contributed by atoms with Gasteiger partial charge in [-0.25, -0.2) is 0 Å². The predicted octanol–water partition coefficient (Wildman–Crippen LogP) is 3.97. The maximum absolute atomic E-state index is 12.5. The van der Waals surface area contributed by atoms with Gasteiger partial charge in [0.15, 0.2) is 0 Å². The van der Waals surface area contributed by atoms with Crippen molar-refractivity contribution in [2.75, 3.05) is 11.9 Å². The van der Waals surface area contributed by atoms with Crippen LogP contribution in [-0.2, 0) is 11.3 Å². The van der Waals surface area contributed by atoms with Crippen LogP contribution in [0.2, 0.25) is 0 Å². The van der Waals surface area contributed by atoms with Crippen LogP contribution < -0.4 is 10.6 Å². The molecule has 0 unspecified atom stereocenters. The van der Waals surface area contributed by atoms with Crippen LogP contribution in [0.15, 0.2) is 40.3 Å². The highest BCUT2D eigenvalue weighted by atomic mass is 32.1. The molecule has 2 N–H and O–H groups in total. The molecule has 0 aliphatic heterocycles. The molecule has 0 saturated carbocycles. The van der Waals surface area contributed by atoms with Crippen LogP contribution in [0.5, 0.6) is 0 Å². The van der Waals surface area contributed by atoms with Gasteiger partial charge in [0.2, 0.25) is 5.91 Å². The van der Waals surface area contributed by atoms with Crippen molar-refractivity contribution >= 4 is 23.1 Å². The number of furan rings is 1. The number of nitrogens with one attached hydrogen (secondary N) is 2. The molecule has 3 aromatic rings. The monoisotopic (exact) mass is 382 g/mol. The van der Waals surface area contributed by atoms with Gasteiger partial charge in [-0.15, -0.1) is 11.3 Å². The number of nitrogens with zero attached hydrogens (tertiary/aromatic N) is 2.